The standard InChI is InChI=1S/C14H19FN2O2/c1-10-3-4-11(5-12(10)15)6-17-13(18)7-19-14(2)8-16-9-14/h3-5,16H,6-9H2,1-2H3,(H,17,18). The summed E-state index contributed by atoms with van der Waals surface area (Å²) < 4.78 is 18.8. The van der Waals surface area contributed by atoms with E-state index in [0.717, 1.165) is 18.7 Å². The van der Waals surface area contributed by atoms with Gasteiger partial charge in [-0.15, -0.1) is 0 Å². The van der Waals surface area contributed by atoms with Crippen LogP contribution >= 0.6 is 0 Å². The molecule has 5 heteroatoms. The summed E-state index contributed by atoms with van der Waals surface area (Å²) in [6.45, 7) is 5.55. The molecule has 1 aromatic carbocycles. The highest BCUT2D eigenvalue weighted by molar-refractivity contribution is 5.77. The summed E-state index contributed by atoms with van der Waals surface area (Å²) in [6.07, 6.45) is 0. The molecule has 19 heavy (non-hydrogen) atoms. The monoisotopic (exact) mass is 266 g/mol. The van der Waals surface area contributed by atoms with Gasteiger partial charge in [-0.2, -0.15) is 0 Å². The molecule has 0 aliphatic carbocycles. The highest BCUT2D eigenvalue weighted by Crippen LogP contribution is 2.14. The Morgan fingerprint density at radius 3 is 2.84 bits per heavy atom. The zero-order valence-corrected chi connectivity index (χ0v) is 11.3. The summed E-state index contributed by atoms with van der Waals surface area (Å²) in [5, 5.41) is 5.81. The van der Waals surface area contributed by atoms with Crippen molar-refractivity contribution >= 4 is 5.91 Å². The highest BCUT2D eigenvalue weighted by atomic mass is 19.1. The maximum Gasteiger partial charge on any atom is 0.246 e. The Morgan fingerprint density at radius 1 is 1.53 bits per heavy atom. The van der Waals surface area contributed by atoms with Gasteiger partial charge in [-0.05, 0) is 31.0 Å². The molecule has 0 radical (unpaired) electrons. The van der Waals surface area contributed by atoms with Crippen molar-refractivity contribution in [1.82, 2.24) is 10.6 Å². The summed E-state index contributed by atoms with van der Waals surface area (Å²) in [5.41, 5.74) is 1.12. The number of hydrogen-bond donors (Lipinski definition) is 2. The minimum absolute atomic E-state index is 0.0342. The number of hydrogen-bond acceptors (Lipinski definition) is 3. The van der Waals surface area contributed by atoms with Crippen molar-refractivity contribution in [3.63, 3.8) is 0 Å². The number of aryl methyl sites for hydroxylation is 1. The zero-order valence-electron chi connectivity index (χ0n) is 11.3. The van der Waals surface area contributed by atoms with Crippen LogP contribution in [0, 0.1) is 12.7 Å². The Morgan fingerprint density at radius 2 is 2.26 bits per heavy atom. The lowest BCUT2D eigenvalue weighted by molar-refractivity contribution is -0.136. The molecule has 1 aromatic rings. The quantitative estimate of drug-likeness (QED) is 0.840. The van der Waals surface area contributed by atoms with Gasteiger partial charge in [0.05, 0.1) is 5.60 Å². The maximum atomic E-state index is 13.3. The molecular formula is C14H19FN2O2. The Balaban J connectivity index is 1.75. The van der Waals surface area contributed by atoms with Crippen LogP contribution in [0.15, 0.2) is 18.2 Å². The summed E-state index contributed by atoms with van der Waals surface area (Å²) in [6, 6.07) is 4.94. The van der Waals surface area contributed by atoms with Crippen molar-refractivity contribution in [1.29, 1.82) is 0 Å². The van der Waals surface area contributed by atoms with E-state index in [1.165, 1.54) is 6.07 Å². The van der Waals surface area contributed by atoms with Crippen molar-refractivity contribution in [2.75, 3.05) is 19.7 Å². The van der Waals surface area contributed by atoms with Crippen LogP contribution in [0.25, 0.3) is 0 Å². The van der Waals surface area contributed by atoms with E-state index in [1.54, 1.807) is 19.1 Å². The average Bonchev–Trinajstić information content (AvgIpc) is 2.35. The molecular weight excluding hydrogens is 247 g/mol. The molecule has 0 saturated carbocycles. The van der Waals surface area contributed by atoms with E-state index in [4.69, 9.17) is 4.74 Å². The van der Waals surface area contributed by atoms with Crippen LogP contribution in [-0.4, -0.2) is 31.2 Å². The number of carbonyl (C=O) groups is 1. The Bertz CT molecular complexity index is 473. The topological polar surface area (TPSA) is 50.4 Å². The van der Waals surface area contributed by atoms with Gasteiger partial charge in [0, 0.05) is 19.6 Å². The van der Waals surface area contributed by atoms with Crippen molar-refractivity contribution in [2.45, 2.75) is 26.0 Å². The maximum absolute atomic E-state index is 13.3. The Labute approximate surface area is 112 Å². The number of amides is 1. The molecule has 1 heterocycles. The van der Waals surface area contributed by atoms with E-state index in [0.29, 0.717) is 12.1 Å². The summed E-state index contributed by atoms with van der Waals surface area (Å²) in [4.78, 5) is 11.6. The van der Waals surface area contributed by atoms with E-state index in [1.807, 2.05) is 6.92 Å². The van der Waals surface area contributed by atoms with Crippen LogP contribution in [0.5, 0.6) is 0 Å². The second-order valence-electron chi connectivity index (χ2n) is 5.20. The summed E-state index contributed by atoms with van der Waals surface area (Å²) in [7, 11) is 0. The van der Waals surface area contributed by atoms with Gasteiger partial charge in [0.1, 0.15) is 12.4 Å². The lowest BCUT2D eigenvalue weighted by Gasteiger charge is -2.38. The molecule has 0 aromatic heterocycles. The fraction of sp³-hybridized carbons (Fsp3) is 0.500. The summed E-state index contributed by atoms with van der Waals surface area (Å²) >= 11 is 0. The molecule has 2 N–H and O–H groups in total. The molecule has 0 atom stereocenters. The third-order valence-corrected chi connectivity index (χ3v) is 3.28. The molecule has 104 valence electrons. The van der Waals surface area contributed by atoms with E-state index < -0.39 is 0 Å². The Kier molecular flexibility index (Phi) is 4.17. The van der Waals surface area contributed by atoms with Gasteiger partial charge < -0.3 is 15.4 Å². The number of halogens is 1. The predicted octanol–water partition coefficient (Wildman–Crippen LogP) is 1.13. The third-order valence-electron chi connectivity index (χ3n) is 3.28. The molecule has 1 aliphatic heterocycles. The van der Waals surface area contributed by atoms with E-state index >= 15 is 0 Å². The molecule has 0 spiro atoms. The van der Waals surface area contributed by atoms with E-state index in [2.05, 4.69) is 10.6 Å². The number of benzene rings is 1. The Hall–Kier alpha value is -1.46. The number of carbonyl (C=O) groups excluding carboxylic acids is 1. The van der Waals surface area contributed by atoms with Crippen LogP contribution in [-0.2, 0) is 16.1 Å². The van der Waals surface area contributed by atoms with Gasteiger partial charge in [0.15, 0.2) is 0 Å². The fourth-order valence-corrected chi connectivity index (χ4v) is 1.82. The van der Waals surface area contributed by atoms with Crippen LogP contribution in [0.4, 0.5) is 4.39 Å². The van der Waals surface area contributed by atoms with Crippen molar-refractivity contribution in [3.8, 4) is 0 Å². The molecule has 0 unspecified atom stereocenters. The molecule has 2 rings (SSSR count). The minimum atomic E-state index is -0.254. The predicted molar refractivity (Wildman–Crippen MR) is 70.2 cm³/mol. The SMILES string of the molecule is Cc1ccc(CNC(=O)COC2(C)CNC2)cc1F. The van der Waals surface area contributed by atoms with Gasteiger partial charge in [0.25, 0.3) is 0 Å². The smallest absolute Gasteiger partial charge is 0.246 e. The second kappa shape index (κ2) is 5.67. The number of nitrogens with one attached hydrogen (secondary N) is 2. The lowest BCUT2D eigenvalue weighted by Crippen LogP contribution is -2.59. The first-order chi connectivity index (χ1) is 8.98. The zero-order chi connectivity index (χ0) is 13.9. The molecule has 0 bridgehead atoms. The normalized spacial score (nSPS) is 16.8. The molecule has 1 amide bonds. The average molecular weight is 266 g/mol. The fourth-order valence-electron chi connectivity index (χ4n) is 1.82. The van der Waals surface area contributed by atoms with Crippen LogP contribution < -0.4 is 10.6 Å². The first-order valence-corrected chi connectivity index (χ1v) is 6.35. The van der Waals surface area contributed by atoms with Crippen molar-refractivity contribution in [2.24, 2.45) is 0 Å². The highest BCUT2D eigenvalue weighted by Gasteiger charge is 2.32. The largest absolute Gasteiger partial charge is 0.363 e. The van der Waals surface area contributed by atoms with E-state index in [9.17, 15) is 9.18 Å². The van der Waals surface area contributed by atoms with Gasteiger partial charge >= 0.3 is 0 Å². The first kappa shape index (κ1) is 14.0. The molecule has 1 fully saturated rings. The van der Waals surface area contributed by atoms with Gasteiger partial charge in [-0.1, -0.05) is 12.1 Å². The third kappa shape index (κ3) is 3.75. The van der Waals surface area contributed by atoms with Gasteiger partial charge in [0.2, 0.25) is 5.91 Å². The van der Waals surface area contributed by atoms with Crippen LogP contribution in [0.3, 0.4) is 0 Å². The second-order valence-corrected chi connectivity index (χ2v) is 5.20. The minimum Gasteiger partial charge on any atom is -0.363 e. The first-order valence-electron chi connectivity index (χ1n) is 6.35. The van der Waals surface area contributed by atoms with Crippen LogP contribution in [0.2, 0.25) is 0 Å². The number of ether oxygens (including phenoxy) is 1. The summed E-state index contributed by atoms with van der Waals surface area (Å²) in [5.74, 6) is -0.440. The van der Waals surface area contributed by atoms with E-state index in [-0.39, 0.29) is 23.9 Å². The number of rotatable bonds is 5. The molecule has 4 nitrogen and oxygen atoms in total. The van der Waals surface area contributed by atoms with Crippen LogP contribution in [0.1, 0.15) is 18.1 Å². The molecule has 1 saturated heterocycles. The van der Waals surface area contributed by atoms with Crippen molar-refractivity contribution < 1.29 is 13.9 Å². The lowest BCUT2D eigenvalue weighted by atomic mass is 10.0. The van der Waals surface area contributed by atoms with Gasteiger partial charge in [-0.3, -0.25) is 4.79 Å². The van der Waals surface area contributed by atoms with Gasteiger partial charge in [-0.25, -0.2) is 4.39 Å². The molecule has 1 aliphatic rings. The van der Waals surface area contributed by atoms with Crippen molar-refractivity contribution in [3.05, 3.63) is 35.1 Å².